The topological polar surface area (TPSA) is 61.4 Å². The Labute approximate surface area is 140 Å². The fourth-order valence-corrected chi connectivity index (χ4v) is 2.03. The van der Waals surface area contributed by atoms with Gasteiger partial charge in [-0.3, -0.25) is 9.59 Å². The number of halogens is 1. The van der Waals surface area contributed by atoms with Crippen LogP contribution in [0.1, 0.15) is 20.7 Å². The third kappa shape index (κ3) is 5.17. The molecular formula is C18H20FN3O2. The molecule has 6 heteroatoms. The van der Waals surface area contributed by atoms with Gasteiger partial charge >= 0.3 is 0 Å². The van der Waals surface area contributed by atoms with Crippen molar-refractivity contribution in [2.24, 2.45) is 0 Å². The molecule has 0 saturated heterocycles. The lowest BCUT2D eigenvalue weighted by atomic mass is 10.1. The van der Waals surface area contributed by atoms with E-state index in [-0.39, 0.29) is 17.6 Å². The minimum Gasteiger partial charge on any atom is -0.351 e. The highest BCUT2D eigenvalue weighted by Gasteiger charge is 2.10. The van der Waals surface area contributed by atoms with Crippen LogP contribution in [-0.4, -0.2) is 43.9 Å². The van der Waals surface area contributed by atoms with Crippen molar-refractivity contribution >= 4 is 17.5 Å². The SMILES string of the molecule is CN(C)CCNC(=O)c1cccc(C(=O)Nc2ccc(F)cc2)c1. The van der Waals surface area contributed by atoms with Crippen LogP contribution in [0.5, 0.6) is 0 Å². The highest BCUT2D eigenvalue weighted by atomic mass is 19.1. The maximum absolute atomic E-state index is 12.9. The Hall–Kier alpha value is -2.73. The summed E-state index contributed by atoms with van der Waals surface area (Å²) in [5.74, 6) is -0.956. The van der Waals surface area contributed by atoms with Gasteiger partial charge in [0.2, 0.25) is 0 Å². The number of nitrogens with zero attached hydrogens (tertiary/aromatic N) is 1. The monoisotopic (exact) mass is 329 g/mol. The fourth-order valence-electron chi connectivity index (χ4n) is 2.03. The van der Waals surface area contributed by atoms with Gasteiger partial charge in [0.15, 0.2) is 0 Å². The van der Waals surface area contributed by atoms with E-state index in [1.165, 1.54) is 30.3 Å². The first-order valence-corrected chi connectivity index (χ1v) is 7.55. The van der Waals surface area contributed by atoms with Crippen LogP contribution in [0.4, 0.5) is 10.1 Å². The average Bonchev–Trinajstić information content (AvgIpc) is 2.56. The number of anilines is 1. The third-order valence-electron chi connectivity index (χ3n) is 3.33. The number of amides is 2. The summed E-state index contributed by atoms with van der Waals surface area (Å²) in [6, 6.07) is 11.9. The molecule has 0 spiro atoms. The van der Waals surface area contributed by atoms with E-state index in [1.807, 2.05) is 19.0 Å². The van der Waals surface area contributed by atoms with Crippen molar-refractivity contribution in [3.63, 3.8) is 0 Å². The van der Waals surface area contributed by atoms with Crippen molar-refractivity contribution in [1.82, 2.24) is 10.2 Å². The van der Waals surface area contributed by atoms with Gasteiger partial charge in [0.25, 0.3) is 11.8 Å². The van der Waals surface area contributed by atoms with Gasteiger partial charge < -0.3 is 15.5 Å². The van der Waals surface area contributed by atoms with E-state index in [0.29, 0.717) is 23.4 Å². The van der Waals surface area contributed by atoms with Crippen molar-refractivity contribution in [3.8, 4) is 0 Å². The lowest BCUT2D eigenvalue weighted by Gasteiger charge is -2.11. The summed E-state index contributed by atoms with van der Waals surface area (Å²) in [7, 11) is 3.85. The molecule has 0 radical (unpaired) electrons. The maximum Gasteiger partial charge on any atom is 0.255 e. The first kappa shape index (κ1) is 17.6. The molecule has 0 unspecified atom stereocenters. The average molecular weight is 329 g/mol. The van der Waals surface area contributed by atoms with Gasteiger partial charge in [-0.1, -0.05) is 6.07 Å². The van der Waals surface area contributed by atoms with Crippen LogP contribution in [0.15, 0.2) is 48.5 Å². The van der Waals surface area contributed by atoms with Gasteiger partial charge in [-0.25, -0.2) is 4.39 Å². The number of likely N-dealkylation sites (N-methyl/N-ethyl adjacent to an activating group) is 1. The molecular weight excluding hydrogens is 309 g/mol. The quantitative estimate of drug-likeness (QED) is 0.855. The summed E-state index contributed by atoms with van der Waals surface area (Å²) in [4.78, 5) is 26.3. The second-order valence-corrected chi connectivity index (χ2v) is 5.60. The summed E-state index contributed by atoms with van der Waals surface area (Å²) in [6.07, 6.45) is 0. The molecule has 5 nitrogen and oxygen atoms in total. The van der Waals surface area contributed by atoms with E-state index in [9.17, 15) is 14.0 Å². The van der Waals surface area contributed by atoms with E-state index >= 15 is 0 Å². The zero-order valence-corrected chi connectivity index (χ0v) is 13.7. The van der Waals surface area contributed by atoms with Gasteiger partial charge in [0.05, 0.1) is 0 Å². The van der Waals surface area contributed by atoms with Gasteiger partial charge in [0.1, 0.15) is 5.82 Å². The Balaban J connectivity index is 2.02. The Kier molecular flexibility index (Phi) is 6.03. The van der Waals surface area contributed by atoms with E-state index < -0.39 is 0 Å². The van der Waals surface area contributed by atoms with Crippen LogP contribution >= 0.6 is 0 Å². The lowest BCUT2D eigenvalue weighted by Crippen LogP contribution is -2.31. The van der Waals surface area contributed by atoms with Crippen molar-refractivity contribution in [1.29, 1.82) is 0 Å². The van der Waals surface area contributed by atoms with Crippen molar-refractivity contribution in [3.05, 3.63) is 65.5 Å². The van der Waals surface area contributed by atoms with Crippen molar-refractivity contribution < 1.29 is 14.0 Å². The summed E-state index contributed by atoms with van der Waals surface area (Å²) >= 11 is 0. The molecule has 126 valence electrons. The number of carbonyl (C=O) groups excluding carboxylic acids is 2. The van der Waals surface area contributed by atoms with Gasteiger partial charge in [-0.15, -0.1) is 0 Å². The molecule has 2 rings (SSSR count). The largest absolute Gasteiger partial charge is 0.351 e. The van der Waals surface area contributed by atoms with Gasteiger partial charge in [-0.05, 0) is 56.6 Å². The molecule has 0 aromatic heterocycles. The molecule has 2 N–H and O–H groups in total. The number of hydrogen-bond acceptors (Lipinski definition) is 3. The fraction of sp³-hybridized carbons (Fsp3) is 0.222. The van der Waals surface area contributed by atoms with Crippen LogP contribution in [0, 0.1) is 5.82 Å². The van der Waals surface area contributed by atoms with E-state index in [2.05, 4.69) is 10.6 Å². The van der Waals surface area contributed by atoms with Crippen molar-refractivity contribution in [2.45, 2.75) is 0 Å². The van der Waals surface area contributed by atoms with E-state index in [1.54, 1.807) is 18.2 Å². The standard InChI is InChI=1S/C18H20FN3O2/c1-22(2)11-10-20-17(23)13-4-3-5-14(12-13)18(24)21-16-8-6-15(19)7-9-16/h3-9,12H,10-11H2,1-2H3,(H,20,23)(H,21,24). The van der Waals surface area contributed by atoms with Crippen molar-refractivity contribution in [2.75, 3.05) is 32.5 Å². The summed E-state index contributed by atoms with van der Waals surface area (Å²) in [5.41, 5.74) is 1.27. The highest BCUT2D eigenvalue weighted by Crippen LogP contribution is 2.12. The first-order chi connectivity index (χ1) is 11.5. The predicted molar refractivity (Wildman–Crippen MR) is 91.7 cm³/mol. The second-order valence-electron chi connectivity index (χ2n) is 5.60. The number of carbonyl (C=O) groups is 2. The predicted octanol–water partition coefficient (Wildman–Crippen LogP) is 2.37. The van der Waals surface area contributed by atoms with Gasteiger partial charge in [-0.2, -0.15) is 0 Å². The molecule has 2 aromatic rings. The van der Waals surface area contributed by atoms with E-state index in [0.717, 1.165) is 6.54 Å². The molecule has 0 aliphatic heterocycles. The zero-order valence-electron chi connectivity index (χ0n) is 13.7. The molecule has 0 saturated carbocycles. The third-order valence-corrected chi connectivity index (χ3v) is 3.33. The Morgan fingerprint density at radius 3 is 2.25 bits per heavy atom. The van der Waals surface area contributed by atoms with Crippen LogP contribution in [0.3, 0.4) is 0 Å². The van der Waals surface area contributed by atoms with E-state index in [4.69, 9.17) is 0 Å². The van der Waals surface area contributed by atoms with Crippen LogP contribution < -0.4 is 10.6 Å². The molecule has 2 aromatic carbocycles. The normalized spacial score (nSPS) is 10.5. The van der Waals surface area contributed by atoms with Crippen LogP contribution in [-0.2, 0) is 0 Å². The summed E-state index contributed by atoms with van der Waals surface area (Å²) < 4.78 is 12.9. The Morgan fingerprint density at radius 1 is 1.00 bits per heavy atom. The molecule has 2 amide bonds. The Morgan fingerprint density at radius 2 is 1.62 bits per heavy atom. The van der Waals surface area contributed by atoms with Crippen LogP contribution in [0.2, 0.25) is 0 Å². The molecule has 0 heterocycles. The molecule has 0 bridgehead atoms. The Bertz CT molecular complexity index is 714. The van der Waals surface area contributed by atoms with Crippen LogP contribution in [0.25, 0.3) is 0 Å². The van der Waals surface area contributed by atoms with Gasteiger partial charge in [0, 0.05) is 29.9 Å². The maximum atomic E-state index is 12.9. The molecule has 0 fully saturated rings. The number of benzene rings is 2. The molecule has 0 aliphatic carbocycles. The molecule has 0 aliphatic rings. The lowest BCUT2D eigenvalue weighted by molar-refractivity contribution is 0.0951. The minimum atomic E-state index is -0.371. The zero-order chi connectivity index (χ0) is 17.5. The number of hydrogen-bond donors (Lipinski definition) is 2. The number of rotatable bonds is 6. The number of nitrogens with one attached hydrogen (secondary N) is 2. The summed E-state index contributed by atoms with van der Waals surface area (Å²) in [6.45, 7) is 1.26. The molecule has 0 atom stereocenters. The molecule has 24 heavy (non-hydrogen) atoms. The summed E-state index contributed by atoms with van der Waals surface area (Å²) in [5, 5.41) is 5.46. The highest BCUT2D eigenvalue weighted by molar-refractivity contribution is 6.06. The smallest absolute Gasteiger partial charge is 0.255 e. The minimum absolute atomic E-state index is 0.228. The second kappa shape index (κ2) is 8.21. The first-order valence-electron chi connectivity index (χ1n) is 7.55.